The van der Waals surface area contributed by atoms with Gasteiger partial charge in [0.1, 0.15) is 5.82 Å². The maximum absolute atomic E-state index is 12.9. The van der Waals surface area contributed by atoms with Crippen molar-refractivity contribution in [2.75, 3.05) is 31.1 Å². The number of hydrogen-bond acceptors (Lipinski definition) is 4. The zero-order chi connectivity index (χ0) is 16.5. The Hall–Kier alpha value is -1.65. The second-order valence-electron chi connectivity index (χ2n) is 8.02. The fraction of sp³-hybridized carbons (Fsp3) is 0.737. The van der Waals surface area contributed by atoms with Gasteiger partial charge in [-0.1, -0.05) is 6.92 Å². The number of nitrogens with zero attached hydrogens (tertiary/aromatic N) is 4. The molecule has 0 spiro atoms. The summed E-state index contributed by atoms with van der Waals surface area (Å²) in [6, 6.07) is 0. The molecule has 1 aromatic rings. The lowest BCUT2D eigenvalue weighted by Crippen LogP contribution is -2.40. The first kappa shape index (κ1) is 15.9. The summed E-state index contributed by atoms with van der Waals surface area (Å²) in [7, 11) is 0. The quantitative estimate of drug-likeness (QED) is 0.837. The zero-order valence-corrected chi connectivity index (χ0v) is 14.6. The van der Waals surface area contributed by atoms with Gasteiger partial charge in [-0.15, -0.1) is 0 Å². The molecular weight excluding hydrogens is 300 g/mol. The van der Waals surface area contributed by atoms with Crippen LogP contribution in [0.1, 0.15) is 39.0 Å². The van der Waals surface area contributed by atoms with E-state index in [2.05, 4.69) is 26.7 Å². The van der Waals surface area contributed by atoms with Crippen molar-refractivity contribution in [2.24, 2.45) is 23.7 Å². The highest BCUT2D eigenvalue weighted by atomic mass is 16.2. The van der Waals surface area contributed by atoms with E-state index >= 15 is 0 Å². The van der Waals surface area contributed by atoms with Crippen LogP contribution < -0.4 is 4.90 Å². The Kier molecular flexibility index (Phi) is 4.42. The minimum atomic E-state index is 0.289. The molecule has 2 atom stereocenters. The summed E-state index contributed by atoms with van der Waals surface area (Å²) in [5.74, 6) is 3.76. The maximum Gasteiger partial charge on any atom is 0.225 e. The van der Waals surface area contributed by atoms with Crippen molar-refractivity contribution in [3.63, 3.8) is 0 Å². The highest BCUT2D eigenvalue weighted by molar-refractivity contribution is 5.79. The number of fused-ring (bicyclic) bond motifs is 1. The lowest BCUT2D eigenvalue weighted by atomic mass is 9.82. The van der Waals surface area contributed by atoms with Gasteiger partial charge in [0.05, 0.1) is 6.20 Å². The molecule has 5 heteroatoms. The minimum Gasteiger partial charge on any atom is -0.355 e. The third-order valence-electron chi connectivity index (χ3n) is 6.35. The Bertz CT molecular complexity index is 570. The summed E-state index contributed by atoms with van der Waals surface area (Å²) in [4.78, 5) is 26.0. The first-order chi connectivity index (χ1) is 11.7. The number of amides is 1. The number of aromatic nitrogens is 2. The van der Waals surface area contributed by atoms with Gasteiger partial charge in [-0.05, 0) is 49.9 Å². The van der Waals surface area contributed by atoms with Crippen LogP contribution in [0.4, 0.5) is 5.82 Å². The van der Waals surface area contributed by atoms with Crippen LogP contribution in [-0.2, 0) is 4.79 Å². The molecule has 1 amide bonds. The molecule has 1 aliphatic carbocycles. The lowest BCUT2D eigenvalue weighted by Gasteiger charge is -2.34. The predicted molar refractivity (Wildman–Crippen MR) is 93.5 cm³/mol. The maximum atomic E-state index is 12.9. The van der Waals surface area contributed by atoms with Crippen LogP contribution in [0.5, 0.6) is 0 Å². The van der Waals surface area contributed by atoms with Gasteiger partial charge in [-0.2, -0.15) is 0 Å². The fourth-order valence-corrected chi connectivity index (χ4v) is 4.78. The number of piperidine rings is 1. The molecule has 2 unspecified atom stereocenters. The van der Waals surface area contributed by atoms with Crippen LogP contribution in [0.2, 0.25) is 0 Å². The minimum absolute atomic E-state index is 0.289. The van der Waals surface area contributed by atoms with Crippen molar-refractivity contribution in [3.05, 3.63) is 18.6 Å². The van der Waals surface area contributed by atoms with Gasteiger partial charge in [0.2, 0.25) is 5.91 Å². The molecule has 3 heterocycles. The van der Waals surface area contributed by atoms with Crippen LogP contribution in [0.25, 0.3) is 0 Å². The third-order valence-corrected chi connectivity index (χ3v) is 6.35. The molecular formula is C19H28N4O. The van der Waals surface area contributed by atoms with Crippen molar-refractivity contribution in [2.45, 2.75) is 39.0 Å². The molecule has 2 aliphatic heterocycles. The summed E-state index contributed by atoms with van der Waals surface area (Å²) >= 11 is 0. The molecule has 1 aromatic heterocycles. The van der Waals surface area contributed by atoms with Gasteiger partial charge in [-0.25, -0.2) is 4.98 Å². The Morgan fingerprint density at radius 3 is 2.58 bits per heavy atom. The molecule has 130 valence electrons. The van der Waals surface area contributed by atoms with E-state index in [-0.39, 0.29) is 5.92 Å². The third kappa shape index (κ3) is 3.13. The van der Waals surface area contributed by atoms with Crippen LogP contribution in [0.3, 0.4) is 0 Å². The summed E-state index contributed by atoms with van der Waals surface area (Å²) < 4.78 is 0. The summed E-state index contributed by atoms with van der Waals surface area (Å²) in [6.45, 7) is 6.26. The van der Waals surface area contributed by atoms with Crippen molar-refractivity contribution in [1.82, 2.24) is 14.9 Å². The summed E-state index contributed by atoms with van der Waals surface area (Å²) in [6.07, 6.45) is 11.1. The normalized spacial score (nSPS) is 33.4. The Morgan fingerprint density at radius 2 is 1.83 bits per heavy atom. The highest BCUT2D eigenvalue weighted by Crippen LogP contribution is 2.35. The number of carbonyl (C=O) groups excluding carboxylic acids is 1. The van der Waals surface area contributed by atoms with Crippen molar-refractivity contribution in [3.8, 4) is 0 Å². The second-order valence-corrected chi connectivity index (χ2v) is 8.02. The zero-order valence-electron chi connectivity index (χ0n) is 14.6. The van der Waals surface area contributed by atoms with Crippen molar-refractivity contribution >= 4 is 11.7 Å². The van der Waals surface area contributed by atoms with Crippen LogP contribution >= 0.6 is 0 Å². The van der Waals surface area contributed by atoms with Crippen LogP contribution in [0.15, 0.2) is 18.6 Å². The van der Waals surface area contributed by atoms with Crippen LogP contribution in [-0.4, -0.2) is 47.0 Å². The Labute approximate surface area is 144 Å². The van der Waals surface area contributed by atoms with Crippen molar-refractivity contribution < 1.29 is 4.79 Å². The van der Waals surface area contributed by atoms with Gasteiger partial charge in [0, 0.05) is 44.5 Å². The fourth-order valence-electron chi connectivity index (χ4n) is 4.78. The van der Waals surface area contributed by atoms with Gasteiger partial charge in [-0.3, -0.25) is 9.78 Å². The van der Waals surface area contributed by atoms with E-state index < -0.39 is 0 Å². The molecule has 0 aromatic carbocycles. The largest absolute Gasteiger partial charge is 0.355 e. The SMILES string of the molecule is CC1CCC(C(=O)N2CC3CCN(c4cnccn4)CC3C2)CC1. The molecule has 0 bridgehead atoms. The standard InChI is InChI=1S/C19H28N4O/c1-14-2-4-15(5-3-14)19(24)23-11-16-6-9-22(12-17(16)13-23)18-10-20-7-8-21-18/h7-8,10,14-17H,2-6,9,11-13H2,1H3. The molecule has 2 saturated heterocycles. The van der Waals surface area contributed by atoms with E-state index in [9.17, 15) is 4.79 Å². The number of hydrogen-bond donors (Lipinski definition) is 0. The second kappa shape index (κ2) is 6.69. The van der Waals surface area contributed by atoms with E-state index in [1.807, 2.05) is 6.20 Å². The van der Waals surface area contributed by atoms with E-state index in [0.717, 1.165) is 57.2 Å². The average Bonchev–Trinajstić information content (AvgIpc) is 3.06. The molecule has 24 heavy (non-hydrogen) atoms. The molecule has 3 fully saturated rings. The molecule has 4 rings (SSSR count). The highest BCUT2D eigenvalue weighted by Gasteiger charge is 2.40. The molecule has 1 saturated carbocycles. The number of likely N-dealkylation sites (tertiary alicyclic amines) is 1. The lowest BCUT2D eigenvalue weighted by molar-refractivity contribution is -0.136. The Balaban J connectivity index is 1.37. The average molecular weight is 328 g/mol. The van der Waals surface area contributed by atoms with Crippen molar-refractivity contribution in [1.29, 1.82) is 0 Å². The molecule has 5 nitrogen and oxygen atoms in total. The monoisotopic (exact) mass is 328 g/mol. The number of rotatable bonds is 2. The van der Waals surface area contributed by atoms with Gasteiger partial charge in [0.15, 0.2) is 0 Å². The topological polar surface area (TPSA) is 49.3 Å². The first-order valence-corrected chi connectivity index (χ1v) is 9.50. The van der Waals surface area contributed by atoms with E-state index in [1.54, 1.807) is 12.4 Å². The smallest absolute Gasteiger partial charge is 0.225 e. The number of anilines is 1. The van der Waals surface area contributed by atoms with Gasteiger partial charge >= 0.3 is 0 Å². The number of carbonyl (C=O) groups is 1. The first-order valence-electron chi connectivity index (χ1n) is 9.50. The summed E-state index contributed by atoms with van der Waals surface area (Å²) in [5, 5.41) is 0. The Morgan fingerprint density at radius 1 is 1.04 bits per heavy atom. The molecule has 0 radical (unpaired) electrons. The van der Waals surface area contributed by atoms with Gasteiger partial charge in [0.25, 0.3) is 0 Å². The predicted octanol–water partition coefficient (Wildman–Crippen LogP) is 2.59. The molecule has 3 aliphatic rings. The van der Waals surface area contributed by atoms with E-state index in [0.29, 0.717) is 17.7 Å². The van der Waals surface area contributed by atoms with E-state index in [4.69, 9.17) is 0 Å². The van der Waals surface area contributed by atoms with Gasteiger partial charge < -0.3 is 9.80 Å². The summed E-state index contributed by atoms with van der Waals surface area (Å²) in [5.41, 5.74) is 0. The molecule has 0 N–H and O–H groups in total. The van der Waals surface area contributed by atoms with Crippen LogP contribution in [0, 0.1) is 23.7 Å². The van der Waals surface area contributed by atoms with E-state index in [1.165, 1.54) is 12.8 Å².